The van der Waals surface area contributed by atoms with Gasteiger partial charge in [0.1, 0.15) is 5.76 Å². The number of nitrogens with zero attached hydrogens (tertiary/aromatic N) is 2. The van der Waals surface area contributed by atoms with Gasteiger partial charge < -0.3 is 9.73 Å². The zero-order chi connectivity index (χ0) is 23.2. The van der Waals surface area contributed by atoms with Gasteiger partial charge in [-0.25, -0.2) is 4.79 Å². The van der Waals surface area contributed by atoms with Gasteiger partial charge in [0.25, 0.3) is 5.56 Å². The van der Waals surface area contributed by atoms with Gasteiger partial charge in [-0.1, -0.05) is 42.0 Å². The van der Waals surface area contributed by atoms with E-state index in [1.54, 1.807) is 41.2 Å². The summed E-state index contributed by atoms with van der Waals surface area (Å²) in [6, 6.07) is 18.8. The van der Waals surface area contributed by atoms with Gasteiger partial charge >= 0.3 is 5.69 Å². The van der Waals surface area contributed by atoms with Crippen molar-refractivity contribution in [1.82, 2.24) is 14.5 Å². The number of carbonyl (C=O) groups excluding carboxylic acids is 1. The third kappa shape index (κ3) is 5.31. The number of aryl methyl sites for hydroxylation is 1. The van der Waals surface area contributed by atoms with E-state index in [1.165, 1.54) is 4.57 Å². The minimum atomic E-state index is -0.332. The molecule has 0 bridgehead atoms. The third-order valence-corrected chi connectivity index (χ3v) is 5.67. The molecule has 0 radical (unpaired) electrons. The molecule has 7 heteroatoms. The van der Waals surface area contributed by atoms with Gasteiger partial charge in [-0.2, -0.15) is 0 Å². The molecule has 0 unspecified atom stereocenters. The summed E-state index contributed by atoms with van der Waals surface area (Å²) in [6.07, 6.45) is 3.00. The van der Waals surface area contributed by atoms with Crippen molar-refractivity contribution in [1.29, 1.82) is 0 Å². The second-order valence-corrected chi connectivity index (χ2v) is 8.14. The number of furan rings is 1. The Kier molecular flexibility index (Phi) is 6.88. The first-order chi connectivity index (χ1) is 16.0. The van der Waals surface area contributed by atoms with E-state index in [0.29, 0.717) is 49.0 Å². The van der Waals surface area contributed by atoms with Crippen LogP contribution in [-0.4, -0.2) is 15.0 Å². The zero-order valence-electron chi connectivity index (χ0n) is 18.6. The highest BCUT2D eigenvalue weighted by molar-refractivity contribution is 5.78. The lowest BCUT2D eigenvalue weighted by molar-refractivity contribution is -0.121. The summed E-state index contributed by atoms with van der Waals surface area (Å²) in [7, 11) is 0. The first-order valence-electron chi connectivity index (χ1n) is 11.1. The molecule has 170 valence electrons. The van der Waals surface area contributed by atoms with Crippen molar-refractivity contribution >= 4 is 16.8 Å². The zero-order valence-corrected chi connectivity index (χ0v) is 18.6. The lowest BCUT2D eigenvalue weighted by Gasteiger charge is -2.14. The second kappa shape index (κ2) is 10.2. The molecule has 0 aliphatic rings. The summed E-state index contributed by atoms with van der Waals surface area (Å²) < 4.78 is 8.14. The van der Waals surface area contributed by atoms with Crippen molar-refractivity contribution < 1.29 is 9.21 Å². The van der Waals surface area contributed by atoms with Crippen molar-refractivity contribution in [2.45, 2.75) is 45.8 Å². The van der Waals surface area contributed by atoms with Gasteiger partial charge in [-0.3, -0.25) is 18.7 Å². The predicted molar refractivity (Wildman–Crippen MR) is 127 cm³/mol. The van der Waals surface area contributed by atoms with E-state index >= 15 is 0 Å². The van der Waals surface area contributed by atoms with Crippen molar-refractivity contribution in [2.24, 2.45) is 0 Å². The fourth-order valence-electron chi connectivity index (χ4n) is 3.84. The fourth-order valence-corrected chi connectivity index (χ4v) is 3.84. The standard InChI is InChI=1S/C26H27N3O4/c1-19-11-13-20(14-12-19)18-29-23-9-3-2-8-22(23)25(31)28(26(29)32)15-5-4-10-24(30)27-17-21-7-6-16-33-21/h2-3,6-9,11-14,16H,4-5,10,15,17-18H2,1H3,(H,27,30). The molecule has 0 saturated heterocycles. The van der Waals surface area contributed by atoms with Crippen LogP contribution in [0.4, 0.5) is 0 Å². The maximum absolute atomic E-state index is 13.3. The van der Waals surface area contributed by atoms with Gasteiger partial charge in [0, 0.05) is 13.0 Å². The van der Waals surface area contributed by atoms with Crippen molar-refractivity contribution in [3.05, 3.63) is 105 Å². The van der Waals surface area contributed by atoms with Crippen molar-refractivity contribution in [3.63, 3.8) is 0 Å². The maximum atomic E-state index is 13.3. The number of hydrogen-bond donors (Lipinski definition) is 1. The van der Waals surface area contributed by atoms with Crippen molar-refractivity contribution in [3.8, 4) is 0 Å². The van der Waals surface area contributed by atoms with E-state index in [4.69, 9.17) is 4.42 Å². The molecular formula is C26H27N3O4. The normalized spacial score (nSPS) is 11.1. The molecule has 33 heavy (non-hydrogen) atoms. The summed E-state index contributed by atoms with van der Waals surface area (Å²) in [5.41, 5.74) is 2.14. The molecule has 0 fully saturated rings. The molecule has 4 rings (SSSR count). The van der Waals surface area contributed by atoms with E-state index in [0.717, 1.165) is 11.1 Å². The Morgan fingerprint density at radius 1 is 0.939 bits per heavy atom. The largest absolute Gasteiger partial charge is 0.467 e. The van der Waals surface area contributed by atoms with Crippen molar-refractivity contribution in [2.75, 3.05) is 0 Å². The minimum absolute atomic E-state index is 0.0889. The lowest BCUT2D eigenvalue weighted by atomic mass is 10.1. The van der Waals surface area contributed by atoms with Crippen LogP contribution in [-0.2, 0) is 24.4 Å². The smallest absolute Gasteiger partial charge is 0.331 e. The molecule has 1 amide bonds. The number of unbranched alkanes of at least 4 members (excludes halogenated alkanes) is 1. The highest BCUT2D eigenvalue weighted by Gasteiger charge is 2.13. The molecular weight excluding hydrogens is 418 g/mol. The number of amides is 1. The molecule has 1 N–H and O–H groups in total. The second-order valence-electron chi connectivity index (χ2n) is 8.14. The van der Waals surface area contributed by atoms with E-state index in [9.17, 15) is 14.4 Å². The highest BCUT2D eigenvalue weighted by atomic mass is 16.3. The topological polar surface area (TPSA) is 86.2 Å². The monoisotopic (exact) mass is 445 g/mol. The molecule has 0 saturated carbocycles. The predicted octanol–water partition coefficient (Wildman–Crippen LogP) is 3.60. The molecule has 0 spiro atoms. The van der Waals surface area contributed by atoms with E-state index in [1.807, 2.05) is 37.3 Å². The van der Waals surface area contributed by atoms with Crippen LogP contribution in [0.3, 0.4) is 0 Å². The minimum Gasteiger partial charge on any atom is -0.467 e. The first kappa shape index (κ1) is 22.3. The van der Waals surface area contributed by atoms with E-state index < -0.39 is 0 Å². The number of aromatic nitrogens is 2. The Labute approximate surface area is 191 Å². The first-order valence-corrected chi connectivity index (χ1v) is 11.1. The molecule has 2 heterocycles. The molecule has 7 nitrogen and oxygen atoms in total. The SMILES string of the molecule is Cc1ccc(Cn2c(=O)n(CCCCC(=O)NCc3ccco3)c(=O)c3ccccc32)cc1. The van der Waals surface area contributed by atoms with Crippen LogP contribution in [0.1, 0.15) is 36.1 Å². The van der Waals surface area contributed by atoms with Crippen LogP contribution in [0.25, 0.3) is 10.9 Å². The van der Waals surface area contributed by atoms with Gasteiger partial charge in [-0.05, 0) is 49.6 Å². The Hall–Kier alpha value is -3.87. The number of nitrogens with one attached hydrogen (secondary N) is 1. The number of fused-ring (bicyclic) bond motifs is 1. The van der Waals surface area contributed by atoms with E-state index in [2.05, 4.69) is 5.32 Å². The Balaban J connectivity index is 1.47. The van der Waals surface area contributed by atoms with E-state index in [-0.39, 0.29) is 23.7 Å². The van der Waals surface area contributed by atoms with Crippen LogP contribution in [0.5, 0.6) is 0 Å². The molecule has 0 aliphatic carbocycles. The van der Waals surface area contributed by atoms with Crippen LogP contribution in [0.2, 0.25) is 0 Å². The van der Waals surface area contributed by atoms with Crippen LogP contribution in [0, 0.1) is 6.92 Å². The fraction of sp³-hybridized carbons (Fsp3) is 0.269. The number of para-hydroxylation sites is 1. The highest BCUT2D eigenvalue weighted by Crippen LogP contribution is 2.11. The van der Waals surface area contributed by atoms with Crippen LogP contribution < -0.4 is 16.6 Å². The number of carbonyl (C=O) groups is 1. The number of hydrogen-bond acceptors (Lipinski definition) is 4. The molecule has 4 aromatic rings. The van der Waals surface area contributed by atoms with Gasteiger partial charge in [0.15, 0.2) is 0 Å². The molecule has 2 aromatic carbocycles. The number of benzene rings is 2. The van der Waals surface area contributed by atoms with Gasteiger partial charge in [-0.15, -0.1) is 0 Å². The Morgan fingerprint density at radius 2 is 1.73 bits per heavy atom. The van der Waals surface area contributed by atoms with Crippen LogP contribution >= 0.6 is 0 Å². The average Bonchev–Trinajstić information content (AvgIpc) is 3.35. The molecule has 0 aliphatic heterocycles. The lowest BCUT2D eigenvalue weighted by Crippen LogP contribution is -2.40. The molecule has 0 atom stereocenters. The molecule has 2 aromatic heterocycles. The van der Waals surface area contributed by atoms with Crippen LogP contribution in [0.15, 0.2) is 80.9 Å². The summed E-state index contributed by atoms with van der Waals surface area (Å²) in [5.74, 6) is 0.606. The van der Waals surface area contributed by atoms with Gasteiger partial charge in [0.2, 0.25) is 5.91 Å². The summed E-state index contributed by atoms with van der Waals surface area (Å²) in [5, 5.41) is 3.32. The Bertz CT molecular complexity index is 1350. The summed E-state index contributed by atoms with van der Waals surface area (Å²) in [6.45, 7) is 3.01. The summed E-state index contributed by atoms with van der Waals surface area (Å²) in [4.78, 5) is 38.3. The third-order valence-electron chi connectivity index (χ3n) is 5.67. The maximum Gasteiger partial charge on any atom is 0.331 e. The summed E-state index contributed by atoms with van der Waals surface area (Å²) >= 11 is 0. The Morgan fingerprint density at radius 3 is 2.48 bits per heavy atom. The quantitative estimate of drug-likeness (QED) is 0.399. The average molecular weight is 446 g/mol. The van der Waals surface area contributed by atoms with Gasteiger partial charge in [0.05, 0.1) is 30.3 Å². The number of rotatable bonds is 9.